The van der Waals surface area contributed by atoms with Gasteiger partial charge < -0.3 is 20.4 Å². The van der Waals surface area contributed by atoms with Crippen molar-refractivity contribution in [1.82, 2.24) is 14.5 Å². The van der Waals surface area contributed by atoms with E-state index in [1.807, 2.05) is 42.5 Å². The molecule has 0 bridgehead atoms. The van der Waals surface area contributed by atoms with Crippen molar-refractivity contribution in [3.05, 3.63) is 78.4 Å². The Morgan fingerprint density at radius 3 is 2.34 bits per heavy atom. The first-order valence-electron chi connectivity index (χ1n) is 13.8. The maximum Gasteiger partial charge on any atom is 0.327 e. The van der Waals surface area contributed by atoms with Crippen molar-refractivity contribution in [1.29, 1.82) is 0 Å². The molecule has 11 nitrogen and oxygen atoms in total. The maximum absolute atomic E-state index is 14.1. The van der Waals surface area contributed by atoms with Crippen LogP contribution in [0.2, 0.25) is 0 Å². The van der Waals surface area contributed by atoms with Crippen LogP contribution in [0.3, 0.4) is 0 Å². The molecule has 3 aromatic rings. The second-order valence-electron chi connectivity index (χ2n) is 10.3. The number of carbonyl (C=O) groups excluding carboxylic acids is 2. The Morgan fingerprint density at radius 1 is 1.00 bits per heavy atom. The van der Waals surface area contributed by atoms with Gasteiger partial charge >= 0.3 is 11.9 Å². The first kappa shape index (κ1) is 33.3. The molecule has 0 radical (unpaired) electrons. The van der Waals surface area contributed by atoms with Gasteiger partial charge in [0.15, 0.2) is 0 Å². The van der Waals surface area contributed by atoms with Gasteiger partial charge in [-0.15, -0.1) is 0 Å². The van der Waals surface area contributed by atoms with E-state index in [0.29, 0.717) is 11.8 Å². The fourth-order valence-electron chi connectivity index (χ4n) is 4.97. The Morgan fingerprint density at radius 2 is 1.68 bits per heavy atom. The number of amides is 2. The summed E-state index contributed by atoms with van der Waals surface area (Å²) in [5.41, 5.74) is 0.903. The number of benzene rings is 3. The minimum atomic E-state index is -4.19. The summed E-state index contributed by atoms with van der Waals surface area (Å²) in [5.74, 6) is -3.49. The largest absolute Gasteiger partial charge is 0.480 e. The van der Waals surface area contributed by atoms with Crippen molar-refractivity contribution in [3.63, 3.8) is 0 Å². The fourth-order valence-corrected chi connectivity index (χ4v) is 9.49. The third kappa shape index (κ3) is 8.52. The molecule has 0 aliphatic carbocycles. The number of rotatable bonds is 14. The molecule has 0 spiro atoms. The molecule has 1 aliphatic heterocycles. The highest BCUT2D eigenvalue weighted by Gasteiger charge is 2.46. The summed E-state index contributed by atoms with van der Waals surface area (Å²) < 4.78 is 29.2. The van der Waals surface area contributed by atoms with Crippen LogP contribution in [0.25, 0.3) is 10.8 Å². The van der Waals surface area contributed by atoms with E-state index in [0.717, 1.165) is 26.0 Å². The molecule has 1 saturated heterocycles. The first-order valence-corrected chi connectivity index (χ1v) is 17.6. The molecule has 2 amide bonds. The van der Waals surface area contributed by atoms with Gasteiger partial charge in [0.1, 0.15) is 18.6 Å². The molecular weight excluding hydrogens is 627 g/mol. The average Bonchev–Trinajstić information content (AvgIpc) is 3.43. The van der Waals surface area contributed by atoms with E-state index in [-0.39, 0.29) is 30.2 Å². The van der Waals surface area contributed by atoms with E-state index in [1.165, 1.54) is 28.7 Å². The van der Waals surface area contributed by atoms with Crippen LogP contribution < -0.4 is 5.32 Å². The molecule has 3 aromatic carbocycles. The van der Waals surface area contributed by atoms with Crippen LogP contribution in [-0.4, -0.2) is 94.3 Å². The Kier molecular flexibility index (Phi) is 11.3. The molecule has 3 atom stereocenters. The lowest BCUT2D eigenvalue weighted by molar-refractivity contribution is -0.145. The van der Waals surface area contributed by atoms with E-state index < -0.39 is 57.7 Å². The molecule has 1 aliphatic rings. The van der Waals surface area contributed by atoms with E-state index in [1.54, 1.807) is 24.3 Å². The van der Waals surface area contributed by atoms with Gasteiger partial charge in [-0.1, -0.05) is 82.3 Å². The molecule has 1 fully saturated rings. The van der Waals surface area contributed by atoms with Crippen molar-refractivity contribution in [2.45, 2.75) is 42.0 Å². The van der Waals surface area contributed by atoms with Crippen LogP contribution in [0.4, 0.5) is 0 Å². The summed E-state index contributed by atoms with van der Waals surface area (Å²) in [6.45, 7) is 0.673. The van der Waals surface area contributed by atoms with Gasteiger partial charge in [0, 0.05) is 31.0 Å². The minimum absolute atomic E-state index is 0.0120. The maximum atomic E-state index is 14.1. The third-order valence-electron chi connectivity index (χ3n) is 7.10. The van der Waals surface area contributed by atoms with Crippen LogP contribution in [0, 0.1) is 0 Å². The summed E-state index contributed by atoms with van der Waals surface area (Å²) in [6.07, 6.45) is 0.487. The van der Waals surface area contributed by atoms with Gasteiger partial charge in [-0.2, -0.15) is 4.31 Å². The molecule has 1 heterocycles. The van der Waals surface area contributed by atoms with Crippen molar-refractivity contribution in [3.8, 4) is 0 Å². The lowest BCUT2D eigenvalue weighted by atomic mass is 10.1. The summed E-state index contributed by atoms with van der Waals surface area (Å²) in [7, 11) is -1.79. The van der Waals surface area contributed by atoms with Gasteiger partial charge in [-0.05, 0) is 41.3 Å². The van der Waals surface area contributed by atoms with Crippen LogP contribution in [0.1, 0.15) is 18.9 Å². The van der Waals surface area contributed by atoms with Gasteiger partial charge in [-0.25, -0.2) is 13.2 Å². The van der Waals surface area contributed by atoms with Gasteiger partial charge in [0.05, 0.1) is 4.90 Å². The molecule has 44 heavy (non-hydrogen) atoms. The Hall–Kier alpha value is -3.59. The SMILES string of the molecule is CC(=O)NC(CSSC1CC(C(=O)N(CCc2ccccc2)CC(=O)O)N(S(=O)(=O)c2ccc3ccccc3c2)C1)C(=O)O. The lowest BCUT2D eigenvalue weighted by Crippen LogP contribution is -2.49. The molecule has 0 aromatic heterocycles. The van der Waals surface area contributed by atoms with Crippen molar-refractivity contribution >= 4 is 66.1 Å². The number of aliphatic carboxylic acids is 2. The predicted molar refractivity (Wildman–Crippen MR) is 170 cm³/mol. The van der Waals surface area contributed by atoms with Gasteiger partial charge in [-0.3, -0.25) is 14.4 Å². The van der Waals surface area contributed by atoms with Crippen LogP contribution in [-0.2, 0) is 35.6 Å². The summed E-state index contributed by atoms with van der Waals surface area (Å²) in [5, 5.41) is 22.5. The number of carboxylic acids is 2. The zero-order valence-corrected chi connectivity index (χ0v) is 26.3. The normalized spacial score (nSPS) is 17.7. The molecule has 3 unspecified atom stereocenters. The second-order valence-corrected chi connectivity index (χ2v) is 14.9. The number of carboxylic acid groups (broad SMARTS) is 2. The summed E-state index contributed by atoms with van der Waals surface area (Å²) in [6, 6.07) is 19.0. The zero-order valence-electron chi connectivity index (χ0n) is 23.9. The van der Waals surface area contributed by atoms with Crippen molar-refractivity contribution in [2.75, 3.05) is 25.4 Å². The quantitative estimate of drug-likeness (QED) is 0.219. The van der Waals surface area contributed by atoms with Crippen molar-refractivity contribution in [2.24, 2.45) is 0 Å². The highest BCUT2D eigenvalue weighted by Crippen LogP contribution is 2.39. The molecular formula is C30H33N3O8S3. The summed E-state index contributed by atoms with van der Waals surface area (Å²) in [4.78, 5) is 49.8. The Balaban J connectivity index is 1.60. The average molecular weight is 660 g/mol. The van der Waals surface area contributed by atoms with Crippen LogP contribution >= 0.6 is 21.6 Å². The minimum Gasteiger partial charge on any atom is -0.480 e. The second kappa shape index (κ2) is 14.9. The smallest absolute Gasteiger partial charge is 0.327 e. The zero-order chi connectivity index (χ0) is 31.9. The molecule has 0 saturated carbocycles. The number of carbonyl (C=O) groups is 4. The number of hydrogen-bond acceptors (Lipinski definition) is 8. The van der Waals surface area contributed by atoms with E-state index in [9.17, 15) is 37.8 Å². The van der Waals surface area contributed by atoms with E-state index in [4.69, 9.17) is 0 Å². The Bertz CT molecular complexity index is 1620. The van der Waals surface area contributed by atoms with Gasteiger partial charge in [0.25, 0.3) is 0 Å². The third-order valence-corrected chi connectivity index (χ3v) is 11.8. The number of hydrogen-bond donors (Lipinski definition) is 3. The first-order chi connectivity index (χ1) is 21.0. The predicted octanol–water partition coefficient (Wildman–Crippen LogP) is 3.10. The number of nitrogens with zero attached hydrogens (tertiary/aromatic N) is 2. The van der Waals surface area contributed by atoms with E-state index >= 15 is 0 Å². The topological polar surface area (TPSA) is 161 Å². The number of nitrogens with one attached hydrogen (secondary N) is 1. The highest BCUT2D eigenvalue weighted by atomic mass is 33.1. The van der Waals surface area contributed by atoms with Crippen molar-refractivity contribution < 1.29 is 37.8 Å². The lowest BCUT2D eigenvalue weighted by Gasteiger charge is -2.29. The fraction of sp³-hybridized carbons (Fsp3) is 0.333. The van der Waals surface area contributed by atoms with E-state index in [2.05, 4.69) is 5.32 Å². The Labute approximate surface area is 263 Å². The standard InChI is InChI=1S/C30H33N3O8S3/c1-20(34)31-26(30(38)39)19-42-43-24-16-27(29(37)32(18-28(35)36)14-13-21-7-3-2-4-8-21)33(17-24)44(40,41)25-12-11-22-9-5-6-10-23(22)15-25/h2-12,15,24,26-27H,13-14,16-19H2,1H3,(H,31,34)(H,35,36)(H,38,39). The number of fused-ring (bicyclic) bond motifs is 1. The monoisotopic (exact) mass is 659 g/mol. The molecule has 4 rings (SSSR count). The highest BCUT2D eigenvalue weighted by molar-refractivity contribution is 8.77. The molecule has 14 heteroatoms. The van der Waals surface area contributed by atoms with Crippen LogP contribution in [0.15, 0.2) is 77.7 Å². The van der Waals surface area contributed by atoms with Gasteiger partial charge in [0.2, 0.25) is 21.8 Å². The van der Waals surface area contributed by atoms with Crippen LogP contribution in [0.5, 0.6) is 0 Å². The molecule has 3 N–H and O–H groups in total. The summed E-state index contributed by atoms with van der Waals surface area (Å²) >= 11 is 0. The molecule has 234 valence electrons. The number of sulfonamides is 1.